The molecule has 0 radical (unpaired) electrons. The Morgan fingerprint density at radius 1 is 1.09 bits per heavy atom. The van der Waals surface area contributed by atoms with E-state index in [1.807, 2.05) is 62.0 Å². The first-order chi connectivity index (χ1) is 20.1. The summed E-state index contributed by atoms with van der Waals surface area (Å²) in [6.45, 7) is 3.65. The first-order valence-electron chi connectivity index (χ1n) is 14.5. The average molecular weight is 622 g/mol. The molecule has 4 nitrogen and oxygen atoms in total. The number of carboxylic acid groups (broad SMARTS) is 1. The van der Waals surface area contributed by atoms with E-state index in [1.54, 1.807) is 0 Å². The molecule has 1 saturated carbocycles. The van der Waals surface area contributed by atoms with Crippen molar-refractivity contribution in [2.45, 2.75) is 63.2 Å². The average Bonchev–Trinajstić information content (AvgIpc) is 3.71. The van der Waals surface area contributed by atoms with Crippen molar-refractivity contribution in [2.24, 2.45) is 5.41 Å². The van der Waals surface area contributed by atoms with E-state index in [0.29, 0.717) is 11.4 Å². The van der Waals surface area contributed by atoms with Crippen LogP contribution in [0.3, 0.4) is 0 Å². The van der Waals surface area contributed by atoms with Crippen LogP contribution in [0, 0.1) is 5.41 Å². The number of halogens is 1. The zero-order chi connectivity index (χ0) is 29.7. The number of rotatable bonds is 13. The molecule has 0 aliphatic heterocycles. The van der Waals surface area contributed by atoms with Gasteiger partial charge in [-0.05, 0) is 97.6 Å². The number of aliphatic carboxylic acids is 1. The fourth-order valence-electron chi connectivity index (χ4n) is 5.53. The number of nitrogens with zero attached hydrogens (tertiary/aromatic N) is 1. The predicted molar refractivity (Wildman–Crippen MR) is 172 cm³/mol. The number of carboxylic acids is 1. The SMILES string of the molecule is CC(C)(O)c1ccccc1CC[C@@H](SCC1(CC(=O)[O-])CC1)c1cccc(/C=C/Cc2ccc3ccc(Cl)cc3n2)c1.[Na+]. The van der Waals surface area contributed by atoms with E-state index < -0.39 is 11.6 Å². The Kier molecular flexibility index (Phi) is 11.6. The Morgan fingerprint density at radius 3 is 2.60 bits per heavy atom. The molecule has 1 fully saturated rings. The minimum absolute atomic E-state index is 0. The van der Waals surface area contributed by atoms with Crippen LogP contribution >= 0.6 is 23.4 Å². The second kappa shape index (κ2) is 14.8. The van der Waals surface area contributed by atoms with Crippen molar-refractivity contribution in [3.8, 4) is 0 Å². The second-order valence-corrected chi connectivity index (χ2v) is 13.6. The Bertz CT molecular complexity index is 1600. The fraction of sp³-hybridized carbons (Fsp3) is 0.333. The molecule has 1 aromatic heterocycles. The number of hydrogen-bond donors (Lipinski definition) is 1. The van der Waals surface area contributed by atoms with Gasteiger partial charge in [0.25, 0.3) is 0 Å². The predicted octanol–water partition coefficient (Wildman–Crippen LogP) is 4.70. The molecule has 0 amide bonds. The van der Waals surface area contributed by atoms with Crippen molar-refractivity contribution >= 4 is 46.3 Å². The van der Waals surface area contributed by atoms with Gasteiger partial charge in [-0.1, -0.05) is 84.4 Å². The number of fused-ring (bicyclic) bond motifs is 1. The maximum atomic E-state index is 11.4. The van der Waals surface area contributed by atoms with Gasteiger partial charge in [0.2, 0.25) is 0 Å². The second-order valence-electron chi connectivity index (χ2n) is 12.0. The summed E-state index contributed by atoms with van der Waals surface area (Å²) in [5.74, 6) is -0.156. The van der Waals surface area contributed by atoms with Crippen molar-refractivity contribution < 1.29 is 44.6 Å². The van der Waals surface area contributed by atoms with Crippen molar-refractivity contribution in [2.75, 3.05) is 5.75 Å². The van der Waals surface area contributed by atoms with Crippen molar-refractivity contribution in [3.63, 3.8) is 0 Å². The summed E-state index contributed by atoms with van der Waals surface area (Å²) in [6, 6.07) is 26.6. The third-order valence-corrected chi connectivity index (χ3v) is 9.98. The first kappa shape index (κ1) is 33.8. The normalized spacial score (nSPS) is 14.9. The summed E-state index contributed by atoms with van der Waals surface area (Å²) in [4.78, 5) is 16.1. The van der Waals surface area contributed by atoms with Gasteiger partial charge < -0.3 is 15.0 Å². The molecule has 0 saturated heterocycles. The number of benzene rings is 3. The number of carbonyl (C=O) groups excluding carboxylic acids is 1. The van der Waals surface area contributed by atoms with E-state index in [-0.39, 0.29) is 46.6 Å². The van der Waals surface area contributed by atoms with Gasteiger partial charge in [0.05, 0.1) is 11.1 Å². The molecule has 1 N–H and O–H groups in total. The first-order valence-corrected chi connectivity index (χ1v) is 16.0. The molecule has 0 bridgehead atoms. The van der Waals surface area contributed by atoms with E-state index in [1.165, 1.54) is 5.56 Å². The van der Waals surface area contributed by atoms with Crippen LogP contribution in [0.25, 0.3) is 17.0 Å². The smallest absolute Gasteiger partial charge is 0.550 e. The number of thioether (sulfide) groups is 1. The van der Waals surface area contributed by atoms with E-state index in [4.69, 9.17) is 16.6 Å². The molecule has 218 valence electrons. The van der Waals surface area contributed by atoms with Crippen LogP contribution in [0.2, 0.25) is 5.02 Å². The standard InChI is InChI=1S/C36H38ClNO3S.Na/c1-35(2,41)31-12-4-3-9-26(31)15-18-33(42-24-36(19-20-36)23-34(39)40)28-10-5-7-25(21-28)8-6-11-30-17-14-27-13-16-29(37)22-32(27)38-30;/h3-10,12-14,16-17,21-22,33,41H,11,15,18-20,23-24H2,1-2H3,(H,39,40);/q;+1/p-1/b8-6+;/t33-;/m1./s1. The Labute approximate surface area is 286 Å². The van der Waals surface area contributed by atoms with E-state index in [9.17, 15) is 15.0 Å². The number of carbonyl (C=O) groups is 1. The fourth-order valence-corrected chi connectivity index (χ4v) is 7.26. The molecule has 1 aliphatic carbocycles. The van der Waals surface area contributed by atoms with Gasteiger partial charge in [0.1, 0.15) is 0 Å². The number of allylic oxidation sites excluding steroid dienone is 1. The van der Waals surface area contributed by atoms with Crippen LogP contribution in [-0.4, -0.2) is 21.8 Å². The molecule has 0 unspecified atom stereocenters. The van der Waals surface area contributed by atoms with Crippen LogP contribution in [0.4, 0.5) is 0 Å². The van der Waals surface area contributed by atoms with Crippen LogP contribution in [-0.2, 0) is 23.2 Å². The Balaban J connectivity index is 0.00000423. The number of hydrogen-bond acceptors (Lipinski definition) is 5. The van der Waals surface area contributed by atoms with E-state index >= 15 is 0 Å². The van der Waals surface area contributed by atoms with Crippen molar-refractivity contribution in [3.05, 3.63) is 118 Å². The zero-order valence-electron chi connectivity index (χ0n) is 25.2. The summed E-state index contributed by atoms with van der Waals surface area (Å²) in [5.41, 5.74) is 5.27. The van der Waals surface area contributed by atoms with Gasteiger partial charge in [0.15, 0.2) is 0 Å². The summed E-state index contributed by atoms with van der Waals surface area (Å²) >= 11 is 8.01. The molecule has 43 heavy (non-hydrogen) atoms. The quantitative estimate of drug-likeness (QED) is 0.219. The van der Waals surface area contributed by atoms with Crippen LogP contribution in [0.1, 0.15) is 72.7 Å². The zero-order valence-corrected chi connectivity index (χ0v) is 28.8. The summed E-state index contributed by atoms with van der Waals surface area (Å²) in [6.07, 6.45) is 8.71. The molecule has 1 atom stereocenters. The molecule has 1 aliphatic rings. The largest absolute Gasteiger partial charge is 1.00 e. The van der Waals surface area contributed by atoms with Gasteiger partial charge >= 0.3 is 29.6 Å². The number of pyridine rings is 1. The number of aryl methyl sites for hydroxylation is 1. The summed E-state index contributed by atoms with van der Waals surface area (Å²) in [7, 11) is 0. The van der Waals surface area contributed by atoms with Crippen LogP contribution < -0.4 is 34.7 Å². The molecular formula is C36H37ClNNaO3S. The number of aromatic nitrogens is 1. The van der Waals surface area contributed by atoms with Crippen LogP contribution in [0.5, 0.6) is 0 Å². The minimum atomic E-state index is -0.958. The molecular weight excluding hydrogens is 585 g/mol. The van der Waals surface area contributed by atoms with Crippen molar-refractivity contribution in [1.29, 1.82) is 0 Å². The Hall–Kier alpha value is -2.12. The molecule has 5 rings (SSSR count). The molecule has 7 heteroatoms. The maximum Gasteiger partial charge on any atom is 1.00 e. The van der Waals surface area contributed by atoms with Gasteiger partial charge in [-0.15, -0.1) is 0 Å². The number of aliphatic hydroxyl groups is 1. The van der Waals surface area contributed by atoms with Gasteiger partial charge in [-0.3, -0.25) is 4.98 Å². The van der Waals surface area contributed by atoms with Crippen LogP contribution in [0.15, 0.2) is 84.9 Å². The third-order valence-electron chi connectivity index (χ3n) is 8.05. The van der Waals surface area contributed by atoms with Crippen molar-refractivity contribution in [1.82, 2.24) is 4.98 Å². The molecule has 3 aromatic carbocycles. The molecule has 1 heterocycles. The van der Waals surface area contributed by atoms with E-state index in [2.05, 4.69) is 54.6 Å². The monoisotopic (exact) mass is 621 g/mol. The molecule has 4 aromatic rings. The van der Waals surface area contributed by atoms with Gasteiger partial charge in [0, 0.05) is 33.7 Å². The van der Waals surface area contributed by atoms with E-state index in [0.717, 1.165) is 64.7 Å². The van der Waals surface area contributed by atoms with Gasteiger partial charge in [-0.25, -0.2) is 0 Å². The third kappa shape index (κ3) is 9.43. The minimum Gasteiger partial charge on any atom is -0.550 e. The Morgan fingerprint density at radius 2 is 1.86 bits per heavy atom. The maximum absolute atomic E-state index is 11.4. The summed E-state index contributed by atoms with van der Waals surface area (Å²) < 4.78 is 0. The summed E-state index contributed by atoms with van der Waals surface area (Å²) in [5, 5.41) is 24.1. The molecule has 0 spiro atoms. The van der Waals surface area contributed by atoms with Gasteiger partial charge in [-0.2, -0.15) is 11.8 Å². The topological polar surface area (TPSA) is 73.2 Å².